The molecule has 1 heterocycles. The van der Waals surface area contributed by atoms with Crippen LogP contribution in [0, 0.1) is 11.8 Å². The molecule has 1 rings (SSSR count). The SMILES string of the molecule is O=CC#CCCOC1CCCCO1. The lowest BCUT2D eigenvalue weighted by Crippen LogP contribution is -2.22. The molecule has 0 aromatic heterocycles. The van der Waals surface area contributed by atoms with E-state index in [1.807, 2.05) is 0 Å². The third-order valence-corrected chi connectivity index (χ3v) is 1.83. The number of carbonyl (C=O) groups excluding carboxylic acids is 1. The minimum absolute atomic E-state index is 0.0493. The van der Waals surface area contributed by atoms with E-state index in [2.05, 4.69) is 11.8 Å². The fraction of sp³-hybridized carbons (Fsp3) is 0.700. The Morgan fingerprint density at radius 1 is 1.54 bits per heavy atom. The monoisotopic (exact) mass is 182 g/mol. The number of rotatable bonds is 3. The molecule has 0 amide bonds. The molecule has 13 heavy (non-hydrogen) atoms. The van der Waals surface area contributed by atoms with Crippen LogP contribution in [0.3, 0.4) is 0 Å². The van der Waals surface area contributed by atoms with Gasteiger partial charge in [0.2, 0.25) is 0 Å². The molecule has 0 aromatic carbocycles. The number of hydrogen-bond donors (Lipinski definition) is 0. The van der Waals surface area contributed by atoms with Gasteiger partial charge < -0.3 is 9.47 Å². The van der Waals surface area contributed by atoms with Crippen molar-refractivity contribution in [3.63, 3.8) is 0 Å². The Morgan fingerprint density at radius 3 is 3.15 bits per heavy atom. The molecule has 1 saturated heterocycles. The number of ether oxygens (including phenoxy) is 2. The van der Waals surface area contributed by atoms with Crippen LogP contribution >= 0.6 is 0 Å². The molecular weight excluding hydrogens is 168 g/mol. The molecule has 1 unspecified atom stereocenters. The van der Waals surface area contributed by atoms with Crippen LogP contribution in [0.2, 0.25) is 0 Å². The molecule has 0 aromatic rings. The maximum atomic E-state index is 9.83. The largest absolute Gasteiger partial charge is 0.353 e. The maximum absolute atomic E-state index is 9.83. The average molecular weight is 182 g/mol. The van der Waals surface area contributed by atoms with E-state index in [1.54, 1.807) is 0 Å². The molecular formula is C10H14O3. The molecule has 0 bridgehead atoms. The van der Waals surface area contributed by atoms with E-state index in [1.165, 1.54) is 6.42 Å². The molecule has 0 saturated carbocycles. The van der Waals surface area contributed by atoms with Crippen LogP contribution in [0.5, 0.6) is 0 Å². The summed E-state index contributed by atoms with van der Waals surface area (Å²) in [7, 11) is 0. The van der Waals surface area contributed by atoms with Gasteiger partial charge in [-0.1, -0.05) is 5.92 Å². The Bertz CT molecular complexity index is 196. The van der Waals surface area contributed by atoms with Crippen LogP contribution in [0.15, 0.2) is 0 Å². The number of carbonyl (C=O) groups is 1. The Morgan fingerprint density at radius 2 is 2.46 bits per heavy atom. The lowest BCUT2D eigenvalue weighted by Gasteiger charge is -2.22. The molecule has 1 aliphatic heterocycles. The van der Waals surface area contributed by atoms with Gasteiger partial charge in [0.15, 0.2) is 12.6 Å². The van der Waals surface area contributed by atoms with Crippen molar-refractivity contribution in [1.29, 1.82) is 0 Å². The minimum Gasteiger partial charge on any atom is -0.353 e. The Kier molecular flexibility index (Phi) is 5.23. The van der Waals surface area contributed by atoms with Gasteiger partial charge in [0.05, 0.1) is 6.61 Å². The fourth-order valence-electron chi connectivity index (χ4n) is 1.20. The highest BCUT2D eigenvalue weighted by Crippen LogP contribution is 2.13. The van der Waals surface area contributed by atoms with Crippen LogP contribution in [0.4, 0.5) is 0 Å². The van der Waals surface area contributed by atoms with Gasteiger partial charge in [-0.2, -0.15) is 0 Å². The van der Waals surface area contributed by atoms with Crippen molar-refractivity contribution in [3.05, 3.63) is 0 Å². The summed E-state index contributed by atoms with van der Waals surface area (Å²) in [6.07, 6.45) is 4.42. The molecule has 0 N–H and O–H groups in total. The zero-order valence-corrected chi connectivity index (χ0v) is 7.62. The first kappa shape index (κ1) is 10.2. The molecule has 0 radical (unpaired) electrons. The quantitative estimate of drug-likeness (QED) is 0.373. The predicted octanol–water partition coefficient (Wildman–Crippen LogP) is 1.12. The van der Waals surface area contributed by atoms with E-state index in [0.717, 1.165) is 19.4 Å². The molecule has 72 valence electrons. The number of hydrogen-bond acceptors (Lipinski definition) is 3. The van der Waals surface area contributed by atoms with Crippen molar-refractivity contribution in [2.45, 2.75) is 32.0 Å². The van der Waals surface area contributed by atoms with Crippen molar-refractivity contribution in [2.24, 2.45) is 0 Å². The van der Waals surface area contributed by atoms with Gasteiger partial charge in [-0.3, -0.25) is 4.79 Å². The zero-order chi connectivity index (χ0) is 9.36. The zero-order valence-electron chi connectivity index (χ0n) is 7.62. The molecule has 3 nitrogen and oxygen atoms in total. The van der Waals surface area contributed by atoms with E-state index in [4.69, 9.17) is 9.47 Å². The normalized spacial score (nSPS) is 21.7. The first-order valence-electron chi connectivity index (χ1n) is 4.58. The summed E-state index contributed by atoms with van der Waals surface area (Å²) in [5, 5.41) is 0. The third kappa shape index (κ3) is 4.66. The van der Waals surface area contributed by atoms with Crippen LogP contribution in [-0.2, 0) is 14.3 Å². The van der Waals surface area contributed by atoms with E-state index in [9.17, 15) is 4.79 Å². The van der Waals surface area contributed by atoms with E-state index in [0.29, 0.717) is 19.3 Å². The Hall–Kier alpha value is -0.850. The van der Waals surface area contributed by atoms with Crippen molar-refractivity contribution in [3.8, 4) is 11.8 Å². The average Bonchev–Trinajstić information content (AvgIpc) is 2.19. The molecule has 0 aliphatic carbocycles. The van der Waals surface area contributed by atoms with Crippen LogP contribution in [-0.4, -0.2) is 25.8 Å². The highest BCUT2D eigenvalue weighted by atomic mass is 16.7. The summed E-state index contributed by atoms with van der Waals surface area (Å²) in [4.78, 5) is 9.83. The van der Waals surface area contributed by atoms with Gasteiger partial charge in [0.25, 0.3) is 0 Å². The third-order valence-electron chi connectivity index (χ3n) is 1.83. The van der Waals surface area contributed by atoms with Crippen molar-refractivity contribution >= 4 is 6.29 Å². The van der Waals surface area contributed by atoms with Gasteiger partial charge in [0.1, 0.15) is 0 Å². The number of aldehydes is 1. The topological polar surface area (TPSA) is 35.5 Å². The predicted molar refractivity (Wildman–Crippen MR) is 48.0 cm³/mol. The Balaban J connectivity index is 2.01. The second kappa shape index (κ2) is 6.64. The summed E-state index contributed by atoms with van der Waals surface area (Å²) in [6.45, 7) is 1.34. The summed E-state index contributed by atoms with van der Waals surface area (Å²) < 4.78 is 10.7. The Labute approximate surface area is 78.4 Å². The van der Waals surface area contributed by atoms with Crippen molar-refractivity contribution < 1.29 is 14.3 Å². The van der Waals surface area contributed by atoms with Crippen LogP contribution < -0.4 is 0 Å². The fourth-order valence-corrected chi connectivity index (χ4v) is 1.20. The summed E-state index contributed by atoms with van der Waals surface area (Å²) in [5.74, 6) is 5.01. The minimum atomic E-state index is -0.0493. The molecule has 0 spiro atoms. The van der Waals surface area contributed by atoms with Gasteiger partial charge in [-0.05, 0) is 25.2 Å². The summed E-state index contributed by atoms with van der Waals surface area (Å²) >= 11 is 0. The maximum Gasteiger partial charge on any atom is 0.192 e. The van der Waals surface area contributed by atoms with Gasteiger partial charge in [0, 0.05) is 13.0 Å². The molecule has 1 atom stereocenters. The highest BCUT2D eigenvalue weighted by molar-refractivity contribution is 5.72. The molecule has 1 aliphatic rings. The first-order valence-corrected chi connectivity index (χ1v) is 4.58. The van der Waals surface area contributed by atoms with E-state index >= 15 is 0 Å². The summed E-state index contributed by atoms with van der Waals surface area (Å²) in [6, 6.07) is 0. The van der Waals surface area contributed by atoms with Gasteiger partial charge >= 0.3 is 0 Å². The molecule has 3 heteroatoms. The van der Waals surface area contributed by atoms with E-state index in [-0.39, 0.29) is 6.29 Å². The van der Waals surface area contributed by atoms with Gasteiger partial charge in [-0.25, -0.2) is 0 Å². The van der Waals surface area contributed by atoms with Gasteiger partial charge in [-0.15, -0.1) is 0 Å². The van der Waals surface area contributed by atoms with E-state index < -0.39 is 0 Å². The first-order chi connectivity index (χ1) is 6.43. The van der Waals surface area contributed by atoms with Crippen molar-refractivity contribution in [1.82, 2.24) is 0 Å². The second-order valence-corrected chi connectivity index (χ2v) is 2.86. The lowest BCUT2D eigenvalue weighted by molar-refractivity contribution is -0.161. The van der Waals surface area contributed by atoms with Crippen LogP contribution in [0.1, 0.15) is 25.7 Å². The smallest absolute Gasteiger partial charge is 0.192 e. The lowest BCUT2D eigenvalue weighted by atomic mass is 10.2. The summed E-state index contributed by atoms with van der Waals surface area (Å²) in [5.41, 5.74) is 0. The highest BCUT2D eigenvalue weighted by Gasteiger charge is 2.12. The second-order valence-electron chi connectivity index (χ2n) is 2.86. The standard InChI is InChI=1S/C10H14O3/c11-7-3-1-4-8-12-10-6-2-5-9-13-10/h7,10H,2,4-6,8-9H2. The molecule has 1 fully saturated rings. The van der Waals surface area contributed by atoms with Crippen LogP contribution in [0.25, 0.3) is 0 Å². The van der Waals surface area contributed by atoms with Crippen molar-refractivity contribution in [2.75, 3.05) is 13.2 Å².